The van der Waals surface area contributed by atoms with Crippen LogP contribution in [0, 0.1) is 6.92 Å². The molecule has 2 unspecified atom stereocenters. The largest absolute Gasteiger partial charge is 0.342 e. The van der Waals surface area contributed by atoms with Crippen molar-refractivity contribution >= 4 is 11.0 Å². The normalized spacial score (nSPS) is 21.1. The average Bonchev–Trinajstić information content (AvgIpc) is 3.02. The predicted octanol–water partition coefficient (Wildman–Crippen LogP) is 2.27. The molecule has 1 fully saturated rings. The Labute approximate surface area is 114 Å². The number of benzene rings is 1. The minimum atomic E-state index is 0.406. The fourth-order valence-electron chi connectivity index (χ4n) is 3.03. The third-order valence-corrected chi connectivity index (χ3v) is 4.06. The highest BCUT2D eigenvalue weighted by molar-refractivity contribution is 5.76. The van der Waals surface area contributed by atoms with E-state index in [0.717, 1.165) is 23.3 Å². The Kier molecular flexibility index (Phi) is 3.53. The number of aromatic amines is 1. The molecule has 1 aromatic carbocycles. The minimum Gasteiger partial charge on any atom is -0.342 e. The number of hydrogen-bond acceptors (Lipinski definition) is 3. The maximum atomic E-state index is 4.45. The summed E-state index contributed by atoms with van der Waals surface area (Å²) in [5, 5.41) is 7.01. The molecule has 1 aliphatic rings. The van der Waals surface area contributed by atoms with Crippen LogP contribution in [0.4, 0.5) is 0 Å². The highest BCUT2D eigenvalue weighted by atomic mass is 15.0. The second-order valence-corrected chi connectivity index (χ2v) is 5.47. The van der Waals surface area contributed by atoms with Crippen LogP contribution in [0.3, 0.4) is 0 Å². The lowest BCUT2D eigenvalue weighted by Crippen LogP contribution is -2.28. The summed E-state index contributed by atoms with van der Waals surface area (Å²) in [4.78, 5) is 7.77. The number of nitrogens with zero attached hydrogens (tertiary/aromatic N) is 1. The van der Waals surface area contributed by atoms with Gasteiger partial charge in [-0.2, -0.15) is 0 Å². The van der Waals surface area contributed by atoms with Crippen molar-refractivity contribution in [3.8, 4) is 0 Å². The van der Waals surface area contributed by atoms with E-state index in [0.29, 0.717) is 12.1 Å². The SMILES string of the molecule is CNC(CC1CCCN1)c1ccc2nc(C)[nH]c2c1. The summed E-state index contributed by atoms with van der Waals surface area (Å²) in [5.74, 6) is 0.977. The fourth-order valence-corrected chi connectivity index (χ4v) is 3.03. The zero-order valence-corrected chi connectivity index (χ0v) is 11.7. The van der Waals surface area contributed by atoms with Gasteiger partial charge in [0.15, 0.2) is 0 Å². The van der Waals surface area contributed by atoms with Gasteiger partial charge in [0.05, 0.1) is 11.0 Å². The molecule has 3 rings (SSSR count). The maximum Gasteiger partial charge on any atom is 0.104 e. The summed E-state index contributed by atoms with van der Waals surface area (Å²) in [6.45, 7) is 3.16. The van der Waals surface area contributed by atoms with Crippen molar-refractivity contribution in [1.82, 2.24) is 20.6 Å². The third kappa shape index (κ3) is 2.65. The average molecular weight is 258 g/mol. The van der Waals surface area contributed by atoms with Crippen LogP contribution in [0.5, 0.6) is 0 Å². The zero-order valence-electron chi connectivity index (χ0n) is 11.7. The van der Waals surface area contributed by atoms with E-state index in [9.17, 15) is 0 Å². The maximum absolute atomic E-state index is 4.45. The van der Waals surface area contributed by atoms with Crippen LogP contribution in [0.1, 0.15) is 36.7 Å². The lowest BCUT2D eigenvalue weighted by Gasteiger charge is -2.20. The van der Waals surface area contributed by atoms with Gasteiger partial charge in [-0.15, -0.1) is 0 Å². The summed E-state index contributed by atoms with van der Waals surface area (Å²) in [7, 11) is 2.04. The quantitative estimate of drug-likeness (QED) is 0.788. The summed E-state index contributed by atoms with van der Waals surface area (Å²) in [6.07, 6.45) is 3.75. The molecule has 1 aliphatic heterocycles. The van der Waals surface area contributed by atoms with E-state index < -0.39 is 0 Å². The number of rotatable bonds is 4. The molecule has 0 aliphatic carbocycles. The minimum absolute atomic E-state index is 0.406. The van der Waals surface area contributed by atoms with Crippen LogP contribution in [-0.2, 0) is 0 Å². The van der Waals surface area contributed by atoms with E-state index >= 15 is 0 Å². The number of fused-ring (bicyclic) bond motifs is 1. The van der Waals surface area contributed by atoms with Gasteiger partial charge in [-0.3, -0.25) is 0 Å². The van der Waals surface area contributed by atoms with Crippen LogP contribution in [-0.4, -0.2) is 29.6 Å². The number of H-pyrrole nitrogens is 1. The standard InChI is InChI=1S/C15H22N4/c1-10-18-13-6-5-11(8-15(13)19-10)14(16-2)9-12-4-3-7-17-12/h5-6,8,12,14,16-17H,3-4,7,9H2,1-2H3,(H,18,19). The van der Waals surface area contributed by atoms with Gasteiger partial charge in [-0.1, -0.05) is 6.07 Å². The molecule has 1 saturated heterocycles. The van der Waals surface area contributed by atoms with Gasteiger partial charge >= 0.3 is 0 Å². The fraction of sp³-hybridized carbons (Fsp3) is 0.533. The smallest absolute Gasteiger partial charge is 0.104 e. The van der Waals surface area contributed by atoms with Gasteiger partial charge in [0.1, 0.15) is 5.82 Å². The van der Waals surface area contributed by atoms with Gasteiger partial charge in [0.2, 0.25) is 0 Å². The van der Waals surface area contributed by atoms with E-state index in [2.05, 4.69) is 38.8 Å². The summed E-state index contributed by atoms with van der Waals surface area (Å²) < 4.78 is 0. The lowest BCUT2D eigenvalue weighted by molar-refractivity contribution is 0.454. The number of aromatic nitrogens is 2. The molecule has 1 aromatic heterocycles. The molecule has 4 nitrogen and oxygen atoms in total. The Bertz CT molecular complexity index is 554. The first-order chi connectivity index (χ1) is 9.26. The van der Waals surface area contributed by atoms with Gasteiger partial charge in [-0.05, 0) is 57.5 Å². The van der Waals surface area contributed by atoms with Gasteiger partial charge in [0, 0.05) is 12.1 Å². The van der Waals surface area contributed by atoms with Crippen molar-refractivity contribution in [3.05, 3.63) is 29.6 Å². The van der Waals surface area contributed by atoms with Crippen LogP contribution >= 0.6 is 0 Å². The highest BCUT2D eigenvalue weighted by Gasteiger charge is 2.20. The molecule has 3 N–H and O–H groups in total. The van der Waals surface area contributed by atoms with E-state index in [4.69, 9.17) is 0 Å². The predicted molar refractivity (Wildman–Crippen MR) is 78.3 cm³/mol. The van der Waals surface area contributed by atoms with E-state index in [1.165, 1.54) is 24.9 Å². The number of hydrogen-bond donors (Lipinski definition) is 3. The second kappa shape index (κ2) is 5.31. The number of aryl methyl sites for hydroxylation is 1. The Morgan fingerprint density at radius 3 is 3.11 bits per heavy atom. The Morgan fingerprint density at radius 2 is 2.37 bits per heavy atom. The highest BCUT2D eigenvalue weighted by Crippen LogP contribution is 2.24. The van der Waals surface area contributed by atoms with Crippen LogP contribution in [0.2, 0.25) is 0 Å². The lowest BCUT2D eigenvalue weighted by atomic mass is 9.98. The van der Waals surface area contributed by atoms with E-state index in [-0.39, 0.29) is 0 Å². The molecule has 2 heterocycles. The summed E-state index contributed by atoms with van der Waals surface area (Å²) >= 11 is 0. The van der Waals surface area contributed by atoms with E-state index in [1.54, 1.807) is 0 Å². The number of imidazole rings is 1. The monoisotopic (exact) mass is 258 g/mol. The van der Waals surface area contributed by atoms with E-state index in [1.807, 2.05) is 14.0 Å². The molecular weight excluding hydrogens is 236 g/mol. The molecule has 0 amide bonds. The van der Waals surface area contributed by atoms with Gasteiger partial charge < -0.3 is 15.6 Å². The van der Waals surface area contributed by atoms with Gasteiger partial charge in [-0.25, -0.2) is 4.98 Å². The summed E-state index contributed by atoms with van der Waals surface area (Å²) in [5.41, 5.74) is 3.53. The number of nitrogens with one attached hydrogen (secondary N) is 3. The first-order valence-electron chi connectivity index (χ1n) is 7.13. The molecule has 0 radical (unpaired) electrons. The molecular formula is C15H22N4. The van der Waals surface area contributed by atoms with Crippen molar-refractivity contribution in [1.29, 1.82) is 0 Å². The topological polar surface area (TPSA) is 52.7 Å². The van der Waals surface area contributed by atoms with Crippen molar-refractivity contribution in [2.45, 2.75) is 38.3 Å². The zero-order chi connectivity index (χ0) is 13.2. The Hall–Kier alpha value is -1.39. The van der Waals surface area contributed by atoms with Crippen molar-refractivity contribution in [2.24, 2.45) is 0 Å². The van der Waals surface area contributed by atoms with Crippen LogP contribution in [0.25, 0.3) is 11.0 Å². The van der Waals surface area contributed by atoms with Gasteiger partial charge in [0.25, 0.3) is 0 Å². The molecule has 0 bridgehead atoms. The molecule has 0 spiro atoms. The van der Waals surface area contributed by atoms with Crippen LogP contribution < -0.4 is 10.6 Å². The first-order valence-corrected chi connectivity index (χ1v) is 7.13. The molecule has 2 atom stereocenters. The summed E-state index contributed by atoms with van der Waals surface area (Å²) in [6, 6.07) is 7.59. The molecule has 2 aromatic rings. The van der Waals surface area contributed by atoms with Crippen molar-refractivity contribution < 1.29 is 0 Å². The molecule has 102 valence electrons. The third-order valence-electron chi connectivity index (χ3n) is 4.06. The molecule has 19 heavy (non-hydrogen) atoms. The van der Waals surface area contributed by atoms with Crippen LogP contribution in [0.15, 0.2) is 18.2 Å². The Morgan fingerprint density at radius 1 is 1.47 bits per heavy atom. The molecule has 4 heteroatoms. The first kappa shape index (κ1) is 12.6. The van der Waals surface area contributed by atoms with Crippen molar-refractivity contribution in [3.63, 3.8) is 0 Å². The Balaban J connectivity index is 1.83. The van der Waals surface area contributed by atoms with Crippen molar-refractivity contribution in [2.75, 3.05) is 13.6 Å². The second-order valence-electron chi connectivity index (χ2n) is 5.47. The molecule has 0 saturated carbocycles.